The van der Waals surface area contributed by atoms with Gasteiger partial charge < -0.3 is 9.14 Å². The largest absolute Gasteiger partial charge is 0.424 e. The quantitative estimate of drug-likeness (QED) is 0.644. The molecule has 0 fully saturated rings. The number of hydrogen-bond acceptors (Lipinski definition) is 2. The molecule has 0 aromatic carbocycles. The van der Waals surface area contributed by atoms with Crippen LogP contribution in [0.2, 0.25) is 0 Å². The summed E-state index contributed by atoms with van der Waals surface area (Å²) in [6, 6.07) is 7.64. The maximum absolute atomic E-state index is 10.8. The number of aryl methyl sites for hydroxylation is 1. The number of ether oxygens (including phenoxy) is 1. The Kier molecular flexibility index (Phi) is 2.00. The predicted octanol–water partition coefficient (Wildman–Crippen LogP) is 2.17. The Morgan fingerprint density at radius 3 is 2.93 bits per heavy atom. The highest BCUT2D eigenvalue weighted by Gasteiger charge is 2.07. The van der Waals surface area contributed by atoms with Gasteiger partial charge in [-0.05, 0) is 19.1 Å². The van der Waals surface area contributed by atoms with Crippen LogP contribution in [0.1, 0.15) is 12.6 Å². The molecule has 3 heteroatoms. The lowest BCUT2D eigenvalue weighted by Crippen LogP contribution is -2.00. The second kappa shape index (κ2) is 3.18. The second-order valence-corrected chi connectivity index (χ2v) is 3.20. The summed E-state index contributed by atoms with van der Waals surface area (Å²) in [5.74, 6) is 0.331. The van der Waals surface area contributed by atoms with Crippen LogP contribution in [-0.4, -0.2) is 10.4 Å². The Morgan fingerprint density at radius 2 is 2.21 bits per heavy atom. The van der Waals surface area contributed by atoms with E-state index in [0.29, 0.717) is 5.75 Å². The molecule has 2 aromatic rings. The van der Waals surface area contributed by atoms with Crippen LogP contribution < -0.4 is 4.74 Å². The lowest BCUT2D eigenvalue weighted by atomic mass is 10.4. The molecule has 0 saturated carbocycles. The van der Waals surface area contributed by atoms with Crippen LogP contribution in [0.3, 0.4) is 0 Å². The van der Waals surface area contributed by atoms with E-state index in [1.54, 1.807) is 0 Å². The minimum absolute atomic E-state index is 0.290. The third-order valence-corrected chi connectivity index (χ3v) is 2.09. The van der Waals surface area contributed by atoms with Crippen LogP contribution in [-0.2, 0) is 4.79 Å². The molecule has 0 atom stereocenters. The zero-order valence-corrected chi connectivity index (χ0v) is 8.15. The van der Waals surface area contributed by atoms with E-state index in [1.807, 2.05) is 41.8 Å². The average molecular weight is 189 g/mol. The molecule has 72 valence electrons. The third kappa shape index (κ3) is 1.37. The molecule has 0 saturated heterocycles. The van der Waals surface area contributed by atoms with Crippen LogP contribution in [0.4, 0.5) is 0 Å². The Morgan fingerprint density at radius 1 is 1.43 bits per heavy atom. The van der Waals surface area contributed by atoms with Gasteiger partial charge in [-0.2, -0.15) is 0 Å². The summed E-state index contributed by atoms with van der Waals surface area (Å²) in [5.41, 5.74) is 1.97. The number of pyridine rings is 1. The number of hydrogen-bond donors (Lipinski definition) is 0. The van der Waals surface area contributed by atoms with Crippen LogP contribution in [0.5, 0.6) is 5.75 Å². The Labute approximate surface area is 81.9 Å². The average Bonchev–Trinajstić information content (AvgIpc) is 2.44. The van der Waals surface area contributed by atoms with E-state index in [4.69, 9.17) is 4.74 Å². The van der Waals surface area contributed by atoms with Gasteiger partial charge in [-0.25, -0.2) is 0 Å². The maximum atomic E-state index is 10.8. The van der Waals surface area contributed by atoms with Gasteiger partial charge in [0.1, 0.15) is 0 Å². The van der Waals surface area contributed by atoms with Crippen molar-refractivity contribution in [1.29, 1.82) is 0 Å². The van der Waals surface area contributed by atoms with Gasteiger partial charge in [0.2, 0.25) is 0 Å². The molecule has 2 aromatic heterocycles. The monoisotopic (exact) mass is 189 g/mol. The van der Waals surface area contributed by atoms with E-state index in [-0.39, 0.29) is 5.97 Å². The lowest BCUT2D eigenvalue weighted by molar-refractivity contribution is -0.131. The van der Waals surface area contributed by atoms with Crippen molar-refractivity contribution < 1.29 is 9.53 Å². The zero-order valence-electron chi connectivity index (χ0n) is 8.15. The summed E-state index contributed by atoms with van der Waals surface area (Å²) in [6.45, 7) is 3.38. The van der Waals surface area contributed by atoms with Crippen molar-refractivity contribution >= 4 is 11.5 Å². The van der Waals surface area contributed by atoms with E-state index in [9.17, 15) is 4.79 Å². The zero-order chi connectivity index (χ0) is 10.1. The molecule has 0 bridgehead atoms. The van der Waals surface area contributed by atoms with E-state index in [2.05, 4.69) is 0 Å². The normalized spacial score (nSPS) is 10.4. The summed E-state index contributed by atoms with van der Waals surface area (Å²) < 4.78 is 7.07. The van der Waals surface area contributed by atoms with Gasteiger partial charge in [-0.3, -0.25) is 4.79 Å². The van der Waals surface area contributed by atoms with Crippen molar-refractivity contribution in [3.8, 4) is 5.75 Å². The first-order valence-electron chi connectivity index (χ1n) is 4.43. The number of fused-ring (bicyclic) bond motifs is 1. The highest BCUT2D eigenvalue weighted by Crippen LogP contribution is 2.23. The molecular formula is C11H11NO2. The molecule has 0 spiro atoms. The van der Waals surface area contributed by atoms with E-state index in [1.165, 1.54) is 6.92 Å². The van der Waals surface area contributed by atoms with Gasteiger partial charge in [0, 0.05) is 24.9 Å². The first-order chi connectivity index (χ1) is 6.68. The number of aromatic nitrogens is 1. The van der Waals surface area contributed by atoms with Crippen molar-refractivity contribution in [3.63, 3.8) is 0 Å². The third-order valence-electron chi connectivity index (χ3n) is 2.09. The summed E-state index contributed by atoms with van der Waals surface area (Å²) >= 11 is 0. The molecule has 0 amide bonds. The van der Waals surface area contributed by atoms with Gasteiger partial charge in [-0.15, -0.1) is 0 Å². The van der Waals surface area contributed by atoms with E-state index in [0.717, 1.165) is 11.2 Å². The standard InChI is InChI=1S/C11H11NO2/c1-8-7-11(14-9(2)13)10-5-3-4-6-12(8)10/h3-7H,1-2H3. The predicted molar refractivity (Wildman–Crippen MR) is 53.4 cm³/mol. The number of carbonyl (C=O) groups is 1. The van der Waals surface area contributed by atoms with E-state index >= 15 is 0 Å². The molecule has 0 aliphatic rings. The topological polar surface area (TPSA) is 30.7 Å². The lowest BCUT2D eigenvalue weighted by Gasteiger charge is -1.98. The van der Waals surface area contributed by atoms with E-state index < -0.39 is 0 Å². The van der Waals surface area contributed by atoms with Gasteiger partial charge in [0.05, 0.1) is 5.52 Å². The van der Waals surface area contributed by atoms with Crippen LogP contribution in [0, 0.1) is 6.92 Å². The molecule has 14 heavy (non-hydrogen) atoms. The van der Waals surface area contributed by atoms with Gasteiger partial charge >= 0.3 is 5.97 Å². The fourth-order valence-electron chi connectivity index (χ4n) is 1.52. The fourth-order valence-corrected chi connectivity index (χ4v) is 1.52. The number of nitrogens with zero attached hydrogens (tertiary/aromatic N) is 1. The van der Waals surface area contributed by atoms with Gasteiger partial charge in [0.25, 0.3) is 0 Å². The minimum atomic E-state index is -0.290. The summed E-state index contributed by atoms with van der Waals surface area (Å²) in [5, 5.41) is 0. The van der Waals surface area contributed by atoms with Crippen molar-refractivity contribution in [3.05, 3.63) is 36.2 Å². The van der Waals surface area contributed by atoms with Crippen molar-refractivity contribution in [2.45, 2.75) is 13.8 Å². The molecule has 2 heterocycles. The molecular weight excluding hydrogens is 178 g/mol. The fraction of sp³-hybridized carbons (Fsp3) is 0.182. The van der Waals surface area contributed by atoms with Gasteiger partial charge in [-0.1, -0.05) is 6.07 Å². The smallest absolute Gasteiger partial charge is 0.308 e. The van der Waals surface area contributed by atoms with Crippen LogP contribution in [0.15, 0.2) is 30.5 Å². The second-order valence-electron chi connectivity index (χ2n) is 3.20. The van der Waals surface area contributed by atoms with Crippen molar-refractivity contribution in [2.75, 3.05) is 0 Å². The minimum Gasteiger partial charge on any atom is -0.424 e. The van der Waals surface area contributed by atoms with Gasteiger partial charge in [0.15, 0.2) is 5.75 Å². The molecule has 0 aliphatic carbocycles. The molecule has 0 unspecified atom stereocenters. The Hall–Kier alpha value is -1.77. The number of rotatable bonds is 1. The van der Waals surface area contributed by atoms with Crippen LogP contribution >= 0.6 is 0 Å². The maximum Gasteiger partial charge on any atom is 0.308 e. The molecule has 0 N–H and O–H groups in total. The summed E-state index contributed by atoms with van der Waals surface area (Å²) in [6.07, 6.45) is 1.94. The molecule has 3 nitrogen and oxygen atoms in total. The molecule has 2 rings (SSSR count). The number of esters is 1. The van der Waals surface area contributed by atoms with Crippen LogP contribution in [0.25, 0.3) is 5.52 Å². The summed E-state index contributed by atoms with van der Waals surface area (Å²) in [7, 11) is 0. The Bertz CT molecular complexity index is 485. The summed E-state index contributed by atoms with van der Waals surface area (Å²) in [4.78, 5) is 10.8. The van der Waals surface area contributed by atoms with Crippen molar-refractivity contribution in [1.82, 2.24) is 4.40 Å². The first kappa shape index (κ1) is 8.81. The highest BCUT2D eigenvalue weighted by atomic mass is 16.5. The SMILES string of the molecule is CC(=O)Oc1cc(C)n2ccccc12. The highest BCUT2D eigenvalue weighted by molar-refractivity contribution is 5.74. The van der Waals surface area contributed by atoms with Crippen molar-refractivity contribution in [2.24, 2.45) is 0 Å². The molecule has 0 aliphatic heterocycles. The first-order valence-corrected chi connectivity index (χ1v) is 4.43. The Balaban J connectivity index is 2.60. The number of carbonyl (C=O) groups excluding carboxylic acids is 1. The molecule has 0 radical (unpaired) electrons.